The van der Waals surface area contributed by atoms with Gasteiger partial charge >= 0.3 is 12.0 Å². The molecule has 2 amide bonds. The van der Waals surface area contributed by atoms with Crippen LogP contribution in [0.15, 0.2) is 0 Å². The summed E-state index contributed by atoms with van der Waals surface area (Å²) < 4.78 is 10.6. The molecule has 7 nitrogen and oxygen atoms in total. The number of carboxylic acids is 1. The van der Waals surface area contributed by atoms with Crippen LogP contribution in [-0.4, -0.2) is 67.1 Å². The van der Waals surface area contributed by atoms with Gasteiger partial charge in [0.25, 0.3) is 0 Å². The zero-order chi connectivity index (χ0) is 14.5. The summed E-state index contributed by atoms with van der Waals surface area (Å²) in [4.78, 5) is 24.7. The van der Waals surface area contributed by atoms with Crippen molar-refractivity contribution in [2.75, 3.05) is 33.0 Å². The van der Waals surface area contributed by atoms with Gasteiger partial charge in [0.2, 0.25) is 0 Å². The van der Waals surface area contributed by atoms with E-state index in [9.17, 15) is 9.59 Å². The Bertz CT molecular complexity index is 357. The van der Waals surface area contributed by atoms with E-state index >= 15 is 0 Å². The highest BCUT2D eigenvalue weighted by molar-refractivity contribution is 5.76. The summed E-state index contributed by atoms with van der Waals surface area (Å²) in [5.41, 5.74) is 0. The van der Waals surface area contributed by atoms with Gasteiger partial charge < -0.3 is 24.8 Å². The van der Waals surface area contributed by atoms with Gasteiger partial charge in [-0.05, 0) is 13.3 Å². The van der Waals surface area contributed by atoms with E-state index in [0.29, 0.717) is 25.7 Å². The van der Waals surface area contributed by atoms with Crippen molar-refractivity contribution in [3.8, 4) is 0 Å². The summed E-state index contributed by atoms with van der Waals surface area (Å²) in [6, 6.07) is -0.578. The first-order chi connectivity index (χ1) is 9.58. The molecule has 0 saturated carbocycles. The average molecular weight is 286 g/mol. The first-order valence-electron chi connectivity index (χ1n) is 7.02. The number of morpholine rings is 1. The lowest BCUT2D eigenvalue weighted by Crippen LogP contribution is -2.55. The van der Waals surface area contributed by atoms with Crippen molar-refractivity contribution < 1.29 is 24.2 Å². The zero-order valence-electron chi connectivity index (χ0n) is 11.7. The molecule has 3 atom stereocenters. The number of nitrogens with zero attached hydrogens (tertiary/aromatic N) is 1. The van der Waals surface area contributed by atoms with Crippen LogP contribution >= 0.6 is 0 Å². The Morgan fingerprint density at radius 2 is 2.10 bits per heavy atom. The SMILES string of the molecule is CC(NC(=O)N1CCOCC1CC(=O)O)C1CCOC1. The zero-order valence-corrected chi connectivity index (χ0v) is 11.7. The fourth-order valence-electron chi connectivity index (χ4n) is 2.64. The molecule has 2 saturated heterocycles. The second-order valence-electron chi connectivity index (χ2n) is 5.38. The molecule has 0 aromatic heterocycles. The van der Waals surface area contributed by atoms with Crippen molar-refractivity contribution in [1.29, 1.82) is 0 Å². The van der Waals surface area contributed by atoms with E-state index in [1.165, 1.54) is 0 Å². The fourth-order valence-corrected chi connectivity index (χ4v) is 2.64. The number of ether oxygens (including phenoxy) is 2. The minimum atomic E-state index is -0.921. The first kappa shape index (κ1) is 15.1. The number of rotatable bonds is 4. The van der Waals surface area contributed by atoms with E-state index in [1.54, 1.807) is 4.90 Å². The predicted octanol–water partition coefficient (Wildman–Crippen LogP) is 0.297. The number of hydrogen-bond acceptors (Lipinski definition) is 4. The van der Waals surface area contributed by atoms with Crippen LogP contribution in [-0.2, 0) is 14.3 Å². The summed E-state index contributed by atoms with van der Waals surface area (Å²) in [7, 11) is 0. The van der Waals surface area contributed by atoms with E-state index in [-0.39, 0.29) is 25.1 Å². The summed E-state index contributed by atoms with van der Waals surface area (Å²) in [5, 5.41) is 11.8. The molecule has 3 unspecified atom stereocenters. The normalized spacial score (nSPS) is 28.1. The molecule has 0 aromatic rings. The summed E-state index contributed by atoms with van der Waals surface area (Å²) in [6.45, 7) is 4.53. The summed E-state index contributed by atoms with van der Waals surface area (Å²) >= 11 is 0. The van der Waals surface area contributed by atoms with Crippen LogP contribution < -0.4 is 5.32 Å². The minimum absolute atomic E-state index is 0.0262. The van der Waals surface area contributed by atoms with Crippen molar-refractivity contribution in [2.24, 2.45) is 5.92 Å². The van der Waals surface area contributed by atoms with Crippen LogP contribution in [0.1, 0.15) is 19.8 Å². The first-order valence-corrected chi connectivity index (χ1v) is 7.02. The van der Waals surface area contributed by atoms with Crippen molar-refractivity contribution in [2.45, 2.75) is 31.8 Å². The molecule has 2 rings (SSSR count). The van der Waals surface area contributed by atoms with E-state index in [1.807, 2.05) is 6.92 Å². The highest BCUT2D eigenvalue weighted by atomic mass is 16.5. The minimum Gasteiger partial charge on any atom is -0.481 e. The van der Waals surface area contributed by atoms with Gasteiger partial charge in [-0.1, -0.05) is 0 Å². The number of hydrogen-bond donors (Lipinski definition) is 2. The molecule has 2 aliphatic rings. The molecule has 2 N–H and O–H groups in total. The molecule has 0 bridgehead atoms. The van der Waals surface area contributed by atoms with E-state index in [0.717, 1.165) is 13.0 Å². The third-order valence-electron chi connectivity index (χ3n) is 3.92. The fraction of sp³-hybridized carbons (Fsp3) is 0.846. The average Bonchev–Trinajstić information content (AvgIpc) is 2.92. The Morgan fingerprint density at radius 1 is 1.35 bits per heavy atom. The third-order valence-corrected chi connectivity index (χ3v) is 3.92. The smallest absolute Gasteiger partial charge is 0.318 e. The number of carbonyl (C=O) groups excluding carboxylic acids is 1. The molecular formula is C13H22N2O5. The molecule has 2 heterocycles. The van der Waals surface area contributed by atoms with Gasteiger partial charge in [-0.3, -0.25) is 4.79 Å². The number of urea groups is 1. The molecule has 0 spiro atoms. The van der Waals surface area contributed by atoms with Crippen LogP contribution in [0.25, 0.3) is 0 Å². The molecule has 2 aliphatic heterocycles. The van der Waals surface area contributed by atoms with Crippen molar-refractivity contribution >= 4 is 12.0 Å². The summed E-state index contributed by atoms with van der Waals surface area (Å²) in [5.74, 6) is -0.589. The molecular weight excluding hydrogens is 264 g/mol. The lowest BCUT2D eigenvalue weighted by molar-refractivity contribution is -0.139. The van der Waals surface area contributed by atoms with Crippen LogP contribution in [0.5, 0.6) is 0 Å². The van der Waals surface area contributed by atoms with Crippen LogP contribution in [0.4, 0.5) is 4.79 Å². The molecule has 0 radical (unpaired) electrons. The van der Waals surface area contributed by atoms with Gasteiger partial charge in [0, 0.05) is 25.1 Å². The Labute approximate surface area is 118 Å². The van der Waals surface area contributed by atoms with Crippen molar-refractivity contribution in [3.63, 3.8) is 0 Å². The predicted molar refractivity (Wildman–Crippen MR) is 70.5 cm³/mol. The molecule has 114 valence electrons. The van der Waals surface area contributed by atoms with Crippen LogP contribution in [0.3, 0.4) is 0 Å². The second-order valence-corrected chi connectivity index (χ2v) is 5.38. The number of aliphatic carboxylic acids is 1. The lowest BCUT2D eigenvalue weighted by Gasteiger charge is -2.36. The Balaban J connectivity index is 1.89. The molecule has 0 aliphatic carbocycles. The molecule has 2 fully saturated rings. The van der Waals surface area contributed by atoms with Gasteiger partial charge in [0.05, 0.1) is 32.3 Å². The maximum Gasteiger partial charge on any atom is 0.318 e. The number of nitrogens with one attached hydrogen (secondary N) is 1. The van der Waals surface area contributed by atoms with E-state index in [4.69, 9.17) is 14.6 Å². The number of carboxylic acid groups (broad SMARTS) is 1. The van der Waals surface area contributed by atoms with Gasteiger partial charge in [-0.15, -0.1) is 0 Å². The van der Waals surface area contributed by atoms with Gasteiger partial charge in [-0.2, -0.15) is 0 Å². The van der Waals surface area contributed by atoms with Crippen molar-refractivity contribution in [1.82, 2.24) is 10.2 Å². The van der Waals surface area contributed by atoms with E-state index < -0.39 is 12.0 Å². The van der Waals surface area contributed by atoms with Crippen LogP contribution in [0, 0.1) is 5.92 Å². The highest BCUT2D eigenvalue weighted by Gasteiger charge is 2.31. The summed E-state index contributed by atoms with van der Waals surface area (Å²) in [6.07, 6.45) is 0.859. The molecule has 0 aromatic carbocycles. The monoisotopic (exact) mass is 286 g/mol. The number of carbonyl (C=O) groups is 2. The molecule has 7 heteroatoms. The molecule has 20 heavy (non-hydrogen) atoms. The second kappa shape index (κ2) is 6.90. The Morgan fingerprint density at radius 3 is 2.75 bits per heavy atom. The highest BCUT2D eigenvalue weighted by Crippen LogP contribution is 2.17. The van der Waals surface area contributed by atoms with Crippen molar-refractivity contribution in [3.05, 3.63) is 0 Å². The van der Waals surface area contributed by atoms with E-state index in [2.05, 4.69) is 5.32 Å². The van der Waals surface area contributed by atoms with Gasteiger partial charge in [0.1, 0.15) is 0 Å². The van der Waals surface area contributed by atoms with Crippen LogP contribution in [0.2, 0.25) is 0 Å². The largest absolute Gasteiger partial charge is 0.481 e. The quantitative estimate of drug-likeness (QED) is 0.776. The Hall–Kier alpha value is -1.34. The third kappa shape index (κ3) is 3.83. The van der Waals surface area contributed by atoms with Gasteiger partial charge in [-0.25, -0.2) is 4.79 Å². The Kier molecular flexibility index (Phi) is 5.19. The topological polar surface area (TPSA) is 88.1 Å². The standard InChI is InChI=1S/C13H22N2O5/c1-9(10-2-4-19-7-10)14-13(18)15-3-5-20-8-11(15)6-12(16)17/h9-11H,2-8H2,1H3,(H,14,18)(H,16,17). The maximum absolute atomic E-state index is 12.3. The maximum atomic E-state index is 12.3. The van der Waals surface area contributed by atoms with Gasteiger partial charge in [0.15, 0.2) is 0 Å². The lowest BCUT2D eigenvalue weighted by atomic mass is 10.0. The number of amides is 2.